The van der Waals surface area contributed by atoms with Crippen LogP contribution in [0.3, 0.4) is 0 Å². The molecule has 2 aromatic rings. The van der Waals surface area contributed by atoms with Gasteiger partial charge in [-0.15, -0.1) is 0 Å². The molecule has 0 fully saturated rings. The number of halogens is 1. The van der Waals surface area contributed by atoms with Crippen LogP contribution in [0, 0.1) is 0 Å². The van der Waals surface area contributed by atoms with Gasteiger partial charge in [0.1, 0.15) is 0 Å². The van der Waals surface area contributed by atoms with E-state index in [0.717, 1.165) is 33.5 Å². The average molecular weight is 246 g/mol. The SMILES string of the molecule is CC(C)=CCc1cc(Cl)c2ccccc2c1N. The number of nitrogen functional groups attached to an aromatic ring is 1. The van der Waals surface area contributed by atoms with Crippen LogP contribution >= 0.6 is 11.6 Å². The maximum atomic E-state index is 6.27. The minimum absolute atomic E-state index is 0.770. The number of hydrogen-bond donors (Lipinski definition) is 1. The van der Waals surface area contributed by atoms with Crippen LogP contribution in [-0.4, -0.2) is 0 Å². The minimum Gasteiger partial charge on any atom is -0.398 e. The summed E-state index contributed by atoms with van der Waals surface area (Å²) < 4.78 is 0. The highest BCUT2D eigenvalue weighted by Gasteiger charge is 2.07. The molecule has 2 heteroatoms. The van der Waals surface area contributed by atoms with E-state index in [2.05, 4.69) is 19.9 Å². The Morgan fingerprint density at radius 3 is 2.53 bits per heavy atom. The van der Waals surface area contributed by atoms with Crippen LogP contribution in [0.2, 0.25) is 5.02 Å². The van der Waals surface area contributed by atoms with Crippen LogP contribution < -0.4 is 5.73 Å². The Labute approximate surface area is 107 Å². The lowest BCUT2D eigenvalue weighted by atomic mass is 10.0. The van der Waals surface area contributed by atoms with Crippen molar-refractivity contribution in [3.05, 3.63) is 52.6 Å². The molecular formula is C15H16ClN. The fraction of sp³-hybridized carbons (Fsp3) is 0.200. The minimum atomic E-state index is 0.770. The first-order valence-corrected chi connectivity index (χ1v) is 6.06. The highest BCUT2D eigenvalue weighted by atomic mass is 35.5. The van der Waals surface area contributed by atoms with E-state index in [9.17, 15) is 0 Å². The van der Waals surface area contributed by atoms with Crippen LogP contribution in [-0.2, 0) is 6.42 Å². The molecule has 1 nitrogen and oxygen atoms in total. The van der Waals surface area contributed by atoms with E-state index in [1.807, 2.05) is 30.3 Å². The largest absolute Gasteiger partial charge is 0.398 e. The average Bonchev–Trinajstić information content (AvgIpc) is 2.32. The molecule has 0 aromatic heterocycles. The number of hydrogen-bond acceptors (Lipinski definition) is 1. The summed E-state index contributed by atoms with van der Waals surface area (Å²) >= 11 is 6.27. The molecule has 2 N–H and O–H groups in total. The molecule has 88 valence electrons. The van der Waals surface area contributed by atoms with Gasteiger partial charge in [-0.25, -0.2) is 0 Å². The maximum Gasteiger partial charge on any atom is 0.0488 e. The van der Waals surface area contributed by atoms with E-state index >= 15 is 0 Å². The molecule has 2 rings (SSSR count). The highest BCUT2D eigenvalue weighted by molar-refractivity contribution is 6.36. The van der Waals surface area contributed by atoms with Crippen molar-refractivity contribution in [1.82, 2.24) is 0 Å². The molecule has 0 unspecified atom stereocenters. The van der Waals surface area contributed by atoms with Crippen LogP contribution in [0.4, 0.5) is 5.69 Å². The summed E-state index contributed by atoms with van der Waals surface area (Å²) in [6.07, 6.45) is 3.00. The lowest BCUT2D eigenvalue weighted by Crippen LogP contribution is -1.95. The molecule has 0 atom stereocenters. The zero-order valence-electron chi connectivity index (χ0n) is 10.1. The molecule has 0 heterocycles. The Hall–Kier alpha value is -1.47. The van der Waals surface area contributed by atoms with Gasteiger partial charge in [0.05, 0.1) is 0 Å². The summed E-state index contributed by atoms with van der Waals surface area (Å²) in [7, 11) is 0. The molecule has 0 aliphatic carbocycles. The van der Waals surface area contributed by atoms with Gasteiger partial charge in [-0.1, -0.05) is 47.5 Å². The number of benzene rings is 2. The second-order valence-electron chi connectivity index (χ2n) is 4.46. The molecule has 0 aliphatic heterocycles. The second kappa shape index (κ2) is 4.80. The molecule has 2 aromatic carbocycles. The molecule has 0 amide bonds. The Morgan fingerprint density at radius 2 is 1.88 bits per heavy atom. The molecule has 0 saturated heterocycles. The van der Waals surface area contributed by atoms with Gasteiger partial charge < -0.3 is 5.73 Å². The van der Waals surface area contributed by atoms with E-state index < -0.39 is 0 Å². The lowest BCUT2D eigenvalue weighted by Gasteiger charge is -2.09. The van der Waals surface area contributed by atoms with Crippen molar-refractivity contribution in [2.75, 3.05) is 5.73 Å². The summed E-state index contributed by atoms with van der Waals surface area (Å²) in [6.45, 7) is 4.16. The Kier molecular flexibility index (Phi) is 3.39. The fourth-order valence-corrected chi connectivity index (χ4v) is 2.19. The van der Waals surface area contributed by atoms with Crippen molar-refractivity contribution in [2.24, 2.45) is 0 Å². The van der Waals surface area contributed by atoms with Crippen molar-refractivity contribution in [2.45, 2.75) is 20.3 Å². The molecule has 0 saturated carbocycles. The summed E-state index contributed by atoms with van der Waals surface area (Å²) in [5.41, 5.74) is 9.40. The Balaban J connectivity index is 2.59. The Morgan fingerprint density at radius 1 is 1.24 bits per heavy atom. The van der Waals surface area contributed by atoms with Gasteiger partial charge in [-0.2, -0.15) is 0 Å². The van der Waals surface area contributed by atoms with E-state index in [0.29, 0.717) is 0 Å². The highest BCUT2D eigenvalue weighted by Crippen LogP contribution is 2.31. The zero-order valence-corrected chi connectivity index (χ0v) is 10.9. The third kappa shape index (κ3) is 2.45. The first-order valence-electron chi connectivity index (χ1n) is 5.68. The number of allylic oxidation sites excluding steroid dienone is 2. The number of nitrogens with two attached hydrogens (primary N) is 1. The van der Waals surface area contributed by atoms with Gasteiger partial charge in [0, 0.05) is 21.5 Å². The monoisotopic (exact) mass is 245 g/mol. The predicted molar refractivity (Wildman–Crippen MR) is 76.5 cm³/mol. The van der Waals surface area contributed by atoms with E-state index in [-0.39, 0.29) is 0 Å². The normalized spacial score (nSPS) is 10.5. The summed E-state index contributed by atoms with van der Waals surface area (Å²) in [5, 5.41) is 2.83. The van der Waals surface area contributed by atoms with Crippen molar-refractivity contribution in [3.8, 4) is 0 Å². The van der Waals surface area contributed by atoms with Gasteiger partial charge in [-0.05, 0) is 31.9 Å². The zero-order chi connectivity index (χ0) is 12.4. The molecule has 0 radical (unpaired) electrons. The van der Waals surface area contributed by atoms with Crippen molar-refractivity contribution >= 4 is 28.1 Å². The second-order valence-corrected chi connectivity index (χ2v) is 4.87. The summed E-state index contributed by atoms with van der Waals surface area (Å²) in [4.78, 5) is 0. The van der Waals surface area contributed by atoms with E-state index in [1.165, 1.54) is 5.57 Å². The van der Waals surface area contributed by atoms with Crippen LogP contribution in [0.1, 0.15) is 19.4 Å². The van der Waals surface area contributed by atoms with Gasteiger partial charge in [0.25, 0.3) is 0 Å². The lowest BCUT2D eigenvalue weighted by molar-refractivity contribution is 1.22. The molecule has 0 spiro atoms. The number of rotatable bonds is 2. The third-order valence-electron chi connectivity index (χ3n) is 2.85. The third-order valence-corrected chi connectivity index (χ3v) is 3.16. The van der Waals surface area contributed by atoms with Gasteiger partial charge >= 0.3 is 0 Å². The van der Waals surface area contributed by atoms with E-state index in [4.69, 9.17) is 17.3 Å². The summed E-state index contributed by atoms with van der Waals surface area (Å²) in [6, 6.07) is 9.95. The molecular weight excluding hydrogens is 230 g/mol. The van der Waals surface area contributed by atoms with Crippen LogP contribution in [0.25, 0.3) is 10.8 Å². The standard InChI is InChI=1S/C15H16ClN/c1-10(2)7-8-11-9-14(16)12-5-3-4-6-13(12)15(11)17/h3-7,9H,8,17H2,1-2H3. The quantitative estimate of drug-likeness (QED) is 0.608. The predicted octanol–water partition coefficient (Wildman–Crippen LogP) is 4.58. The number of fused-ring (bicyclic) bond motifs is 1. The topological polar surface area (TPSA) is 26.0 Å². The van der Waals surface area contributed by atoms with Crippen molar-refractivity contribution < 1.29 is 0 Å². The van der Waals surface area contributed by atoms with Crippen molar-refractivity contribution in [1.29, 1.82) is 0 Å². The number of anilines is 1. The van der Waals surface area contributed by atoms with Crippen LogP contribution in [0.5, 0.6) is 0 Å². The molecule has 0 bridgehead atoms. The van der Waals surface area contributed by atoms with Crippen molar-refractivity contribution in [3.63, 3.8) is 0 Å². The van der Waals surface area contributed by atoms with Crippen LogP contribution in [0.15, 0.2) is 42.0 Å². The molecule has 0 aliphatic rings. The van der Waals surface area contributed by atoms with Gasteiger partial charge in [0.2, 0.25) is 0 Å². The van der Waals surface area contributed by atoms with Gasteiger partial charge in [0.15, 0.2) is 0 Å². The van der Waals surface area contributed by atoms with E-state index in [1.54, 1.807) is 0 Å². The summed E-state index contributed by atoms with van der Waals surface area (Å²) in [5.74, 6) is 0. The smallest absolute Gasteiger partial charge is 0.0488 e. The first kappa shape index (κ1) is 12.0. The maximum absolute atomic E-state index is 6.27. The molecule has 17 heavy (non-hydrogen) atoms. The fourth-order valence-electron chi connectivity index (χ4n) is 1.89. The van der Waals surface area contributed by atoms with Gasteiger partial charge in [-0.3, -0.25) is 0 Å². The Bertz CT molecular complexity index is 581. The first-order chi connectivity index (χ1) is 8.09.